The number of nitrogens with zero attached hydrogens (tertiary/aromatic N) is 1. The summed E-state index contributed by atoms with van der Waals surface area (Å²) in [7, 11) is 0. The van der Waals surface area contributed by atoms with Crippen LogP contribution >= 0.6 is 11.6 Å². The van der Waals surface area contributed by atoms with E-state index in [0.29, 0.717) is 11.1 Å². The molecule has 2 aliphatic rings. The summed E-state index contributed by atoms with van der Waals surface area (Å²) < 4.78 is 40.2. The zero-order chi connectivity index (χ0) is 22.5. The number of aliphatic carboxylic acids is 1. The normalized spacial score (nSPS) is 26.6. The lowest BCUT2D eigenvalue weighted by atomic mass is 9.93. The second kappa shape index (κ2) is 8.11. The van der Waals surface area contributed by atoms with Crippen molar-refractivity contribution in [1.82, 2.24) is 10.2 Å². The summed E-state index contributed by atoms with van der Waals surface area (Å²) in [5, 5.41) is 13.0. The van der Waals surface area contributed by atoms with Crippen LogP contribution in [-0.2, 0) is 17.4 Å². The van der Waals surface area contributed by atoms with Gasteiger partial charge in [0.05, 0.1) is 16.5 Å². The van der Waals surface area contributed by atoms with Crippen molar-refractivity contribution in [2.45, 2.75) is 44.6 Å². The number of benzene rings is 2. The van der Waals surface area contributed by atoms with Gasteiger partial charge in [-0.2, -0.15) is 13.2 Å². The Morgan fingerprint density at radius 1 is 1.16 bits per heavy atom. The highest BCUT2D eigenvalue weighted by Gasteiger charge is 2.45. The average Bonchev–Trinajstić information content (AvgIpc) is 3.07. The molecule has 31 heavy (non-hydrogen) atoms. The van der Waals surface area contributed by atoms with E-state index in [9.17, 15) is 23.1 Å². The molecule has 4 unspecified atom stereocenters. The van der Waals surface area contributed by atoms with E-state index in [1.807, 2.05) is 6.07 Å². The van der Waals surface area contributed by atoms with Crippen molar-refractivity contribution in [1.29, 1.82) is 0 Å². The summed E-state index contributed by atoms with van der Waals surface area (Å²) in [4.78, 5) is 14.5. The maximum Gasteiger partial charge on any atom is 0.417 e. The fourth-order valence-corrected chi connectivity index (χ4v) is 5.35. The third kappa shape index (κ3) is 3.95. The monoisotopic (exact) mass is 452 g/mol. The van der Waals surface area contributed by atoms with Crippen molar-refractivity contribution in [2.75, 3.05) is 13.1 Å². The van der Waals surface area contributed by atoms with Gasteiger partial charge in [-0.1, -0.05) is 35.9 Å². The molecule has 4 rings (SSSR count). The van der Waals surface area contributed by atoms with E-state index < -0.39 is 23.6 Å². The van der Waals surface area contributed by atoms with Crippen LogP contribution in [0.3, 0.4) is 0 Å². The summed E-state index contributed by atoms with van der Waals surface area (Å²) in [5.41, 5.74) is 1.81. The lowest BCUT2D eigenvalue weighted by molar-refractivity contribution is -0.145. The van der Waals surface area contributed by atoms with E-state index in [0.717, 1.165) is 30.3 Å². The lowest BCUT2D eigenvalue weighted by Crippen LogP contribution is -2.57. The maximum absolute atomic E-state index is 13.4. The standard InChI is InChI=1S/C23H24ClF3N2O2/c1-12-10-28-11-13(2)29(12)21-16-5-3-4-15(17(16)9-18(21)22(30)31)14-6-7-20(24)19(8-14)23(25,26)27/h3-8,12-13,18,21,28H,9-11H2,1-2H3,(H,30,31). The van der Waals surface area contributed by atoms with Gasteiger partial charge in [0.15, 0.2) is 0 Å². The van der Waals surface area contributed by atoms with Crippen LogP contribution in [0.25, 0.3) is 11.1 Å². The third-order valence-corrected chi connectivity index (χ3v) is 6.78. The van der Waals surface area contributed by atoms with Crippen LogP contribution in [0.15, 0.2) is 36.4 Å². The Kier molecular flexibility index (Phi) is 5.79. The van der Waals surface area contributed by atoms with Crippen LogP contribution in [-0.4, -0.2) is 41.1 Å². The van der Waals surface area contributed by atoms with E-state index in [-0.39, 0.29) is 29.6 Å². The molecule has 0 bridgehead atoms. The topological polar surface area (TPSA) is 52.6 Å². The largest absolute Gasteiger partial charge is 0.481 e. The van der Waals surface area contributed by atoms with Crippen molar-refractivity contribution < 1.29 is 23.1 Å². The number of alkyl halides is 3. The van der Waals surface area contributed by atoms with E-state index in [1.165, 1.54) is 6.07 Å². The van der Waals surface area contributed by atoms with Crippen molar-refractivity contribution in [3.05, 3.63) is 58.1 Å². The molecule has 166 valence electrons. The highest BCUT2D eigenvalue weighted by atomic mass is 35.5. The average molecular weight is 453 g/mol. The third-order valence-electron chi connectivity index (χ3n) is 6.45. The van der Waals surface area contributed by atoms with Gasteiger partial charge in [-0.05, 0) is 54.7 Å². The van der Waals surface area contributed by atoms with Crippen LogP contribution in [0.4, 0.5) is 13.2 Å². The Labute approximate surface area is 184 Å². The Hall–Kier alpha value is -2.09. The van der Waals surface area contributed by atoms with Crippen molar-refractivity contribution in [3.63, 3.8) is 0 Å². The van der Waals surface area contributed by atoms with Gasteiger partial charge in [-0.25, -0.2) is 0 Å². The zero-order valence-electron chi connectivity index (χ0n) is 17.2. The minimum absolute atomic E-state index is 0.137. The first-order chi connectivity index (χ1) is 14.6. The first kappa shape index (κ1) is 22.1. The van der Waals surface area contributed by atoms with Gasteiger partial charge in [0, 0.05) is 31.2 Å². The van der Waals surface area contributed by atoms with Crippen LogP contribution in [0.5, 0.6) is 0 Å². The summed E-state index contributed by atoms with van der Waals surface area (Å²) >= 11 is 5.80. The predicted octanol–water partition coefficient (Wildman–Crippen LogP) is 5.01. The fraction of sp³-hybridized carbons (Fsp3) is 0.435. The van der Waals surface area contributed by atoms with E-state index in [1.54, 1.807) is 18.2 Å². The molecule has 1 fully saturated rings. The summed E-state index contributed by atoms with van der Waals surface area (Å²) in [5.74, 6) is -1.55. The van der Waals surface area contributed by atoms with Gasteiger partial charge in [-0.15, -0.1) is 0 Å². The number of fused-ring (bicyclic) bond motifs is 1. The van der Waals surface area contributed by atoms with Gasteiger partial charge in [-0.3, -0.25) is 9.69 Å². The van der Waals surface area contributed by atoms with Gasteiger partial charge < -0.3 is 10.4 Å². The lowest BCUT2D eigenvalue weighted by Gasteiger charge is -2.45. The van der Waals surface area contributed by atoms with Crippen molar-refractivity contribution in [2.24, 2.45) is 5.92 Å². The Bertz CT molecular complexity index is 1000. The number of hydrogen-bond donors (Lipinski definition) is 2. The minimum atomic E-state index is -4.57. The molecular weight excluding hydrogens is 429 g/mol. The quantitative estimate of drug-likeness (QED) is 0.687. The molecule has 2 N–H and O–H groups in total. The molecule has 4 atom stereocenters. The molecule has 0 aromatic heterocycles. The zero-order valence-corrected chi connectivity index (χ0v) is 18.0. The van der Waals surface area contributed by atoms with Crippen LogP contribution < -0.4 is 5.32 Å². The molecule has 1 aliphatic carbocycles. The summed E-state index contributed by atoms with van der Waals surface area (Å²) in [6, 6.07) is 9.28. The molecule has 2 aromatic carbocycles. The molecule has 2 aromatic rings. The number of carboxylic acids is 1. The molecule has 4 nitrogen and oxygen atoms in total. The summed E-state index contributed by atoms with van der Waals surface area (Å²) in [6.45, 7) is 5.65. The number of carbonyl (C=O) groups is 1. The van der Waals surface area contributed by atoms with Crippen molar-refractivity contribution >= 4 is 17.6 Å². The van der Waals surface area contributed by atoms with Gasteiger partial charge in [0.2, 0.25) is 0 Å². The second-order valence-corrected chi connectivity index (χ2v) is 8.87. The number of rotatable bonds is 3. The van der Waals surface area contributed by atoms with E-state index in [2.05, 4.69) is 24.1 Å². The van der Waals surface area contributed by atoms with Crippen molar-refractivity contribution in [3.8, 4) is 11.1 Å². The number of nitrogens with one attached hydrogen (secondary N) is 1. The predicted molar refractivity (Wildman–Crippen MR) is 113 cm³/mol. The van der Waals surface area contributed by atoms with Crippen LogP contribution in [0.2, 0.25) is 5.02 Å². The number of piperazine rings is 1. The fourth-order valence-electron chi connectivity index (χ4n) is 5.12. The van der Waals surface area contributed by atoms with Gasteiger partial charge in [0.1, 0.15) is 0 Å². The maximum atomic E-state index is 13.4. The highest BCUT2D eigenvalue weighted by Crippen LogP contribution is 2.47. The molecule has 1 heterocycles. The van der Waals surface area contributed by atoms with Gasteiger partial charge >= 0.3 is 12.1 Å². The molecule has 0 radical (unpaired) electrons. The number of hydrogen-bond acceptors (Lipinski definition) is 3. The second-order valence-electron chi connectivity index (χ2n) is 8.46. The molecule has 0 saturated carbocycles. The molecule has 1 aliphatic heterocycles. The van der Waals surface area contributed by atoms with E-state index >= 15 is 0 Å². The number of halogens is 4. The minimum Gasteiger partial charge on any atom is -0.481 e. The Balaban J connectivity index is 1.84. The SMILES string of the molecule is CC1CNCC(C)N1C1c2cccc(-c3ccc(Cl)c(C(F)(F)F)c3)c2CC1C(=O)O. The molecule has 0 amide bonds. The number of carboxylic acid groups (broad SMARTS) is 1. The van der Waals surface area contributed by atoms with Crippen LogP contribution in [0.1, 0.15) is 36.6 Å². The van der Waals surface area contributed by atoms with Crippen LogP contribution in [0, 0.1) is 5.92 Å². The molecule has 8 heteroatoms. The summed E-state index contributed by atoms with van der Waals surface area (Å²) in [6.07, 6.45) is -4.29. The molecular formula is C23H24ClF3N2O2. The molecule has 1 saturated heterocycles. The first-order valence-electron chi connectivity index (χ1n) is 10.3. The van der Waals surface area contributed by atoms with Gasteiger partial charge in [0.25, 0.3) is 0 Å². The highest BCUT2D eigenvalue weighted by molar-refractivity contribution is 6.31. The Morgan fingerprint density at radius 2 is 1.84 bits per heavy atom. The molecule has 0 spiro atoms. The Morgan fingerprint density at radius 3 is 2.45 bits per heavy atom. The van der Waals surface area contributed by atoms with E-state index in [4.69, 9.17) is 11.6 Å². The smallest absolute Gasteiger partial charge is 0.417 e. The first-order valence-corrected chi connectivity index (χ1v) is 10.7.